The monoisotopic (exact) mass is 215 g/mol. The third-order valence-corrected chi connectivity index (χ3v) is 2.98. The summed E-state index contributed by atoms with van der Waals surface area (Å²) in [5, 5.41) is 0. The third kappa shape index (κ3) is 4.65. The zero-order chi connectivity index (χ0) is 11.8. The molecule has 0 heteroatoms. The first-order chi connectivity index (χ1) is 7.74. The van der Waals surface area contributed by atoms with Crippen LogP contribution in [0, 0.1) is 6.58 Å². The molecule has 1 aromatic rings. The standard InChI is InChI=1S/C16H23/c1-4-5-6-7-8-9-15-10-12-16(13-11-15)14(2)3/h1,4,10-14H,5-9H2,2-3H3. The van der Waals surface area contributed by atoms with Crippen LogP contribution < -0.4 is 0 Å². The smallest absolute Gasteiger partial charge is 0.0219 e. The number of rotatable bonds is 7. The molecule has 0 saturated carbocycles. The number of aryl methyl sites for hydroxylation is 1. The molecule has 0 aliphatic heterocycles. The number of hydrogen-bond donors (Lipinski definition) is 0. The van der Waals surface area contributed by atoms with E-state index in [1.807, 2.05) is 0 Å². The van der Waals surface area contributed by atoms with Crippen molar-refractivity contribution >= 4 is 0 Å². The van der Waals surface area contributed by atoms with Gasteiger partial charge in [0.15, 0.2) is 0 Å². The van der Waals surface area contributed by atoms with E-state index >= 15 is 0 Å². The lowest BCUT2D eigenvalue weighted by Crippen LogP contribution is -1.89. The highest BCUT2D eigenvalue weighted by Gasteiger charge is 1.98. The molecule has 0 bridgehead atoms. The maximum Gasteiger partial charge on any atom is -0.0219 e. The van der Waals surface area contributed by atoms with Gasteiger partial charge in [0.05, 0.1) is 0 Å². The van der Waals surface area contributed by atoms with Gasteiger partial charge in [-0.3, -0.25) is 0 Å². The molecule has 0 saturated heterocycles. The van der Waals surface area contributed by atoms with Gasteiger partial charge in [0.1, 0.15) is 0 Å². The van der Waals surface area contributed by atoms with Crippen LogP contribution in [0.3, 0.4) is 0 Å². The molecule has 87 valence electrons. The van der Waals surface area contributed by atoms with Crippen LogP contribution in [-0.2, 0) is 6.42 Å². The summed E-state index contributed by atoms with van der Waals surface area (Å²) in [6.45, 7) is 9.81. The summed E-state index contributed by atoms with van der Waals surface area (Å²) in [4.78, 5) is 0. The van der Waals surface area contributed by atoms with Gasteiger partial charge in [0.2, 0.25) is 0 Å². The molecule has 0 heterocycles. The Balaban J connectivity index is 2.29. The van der Waals surface area contributed by atoms with Gasteiger partial charge in [-0.2, -0.15) is 0 Å². The van der Waals surface area contributed by atoms with E-state index in [-0.39, 0.29) is 0 Å². The topological polar surface area (TPSA) is 0 Å². The molecule has 0 spiro atoms. The van der Waals surface area contributed by atoms with Crippen LogP contribution in [0.2, 0.25) is 0 Å². The first kappa shape index (κ1) is 13.0. The lowest BCUT2D eigenvalue weighted by molar-refractivity contribution is 0.687. The summed E-state index contributed by atoms with van der Waals surface area (Å²) in [5.41, 5.74) is 2.89. The largest absolute Gasteiger partial charge is 0.0845 e. The molecule has 0 aliphatic carbocycles. The highest BCUT2D eigenvalue weighted by molar-refractivity contribution is 5.24. The molecule has 16 heavy (non-hydrogen) atoms. The molecular formula is C16H23. The van der Waals surface area contributed by atoms with Crippen molar-refractivity contribution in [2.45, 2.75) is 51.9 Å². The minimum atomic E-state index is 0.633. The molecule has 0 N–H and O–H groups in total. The first-order valence-corrected chi connectivity index (χ1v) is 6.36. The normalized spacial score (nSPS) is 10.7. The summed E-state index contributed by atoms with van der Waals surface area (Å²) in [6.07, 6.45) is 7.78. The van der Waals surface area contributed by atoms with Crippen molar-refractivity contribution in [3.8, 4) is 0 Å². The molecule has 0 aromatic heterocycles. The van der Waals surface area contributed by atoms with E-state index in [9.17, 15) is 0 Å². The van der Waals surface area contributed by atoms with E-state index in [0.717, 1.165) is 6.42 Å². The molecule has 0 nitrogen and oxygen atoms in total. The van der Waals surface area contributed by atoms with Crippen molar-refractivity contribution in [1.29, 1.82) is 0 Å². The van der Waals surface area contributed by atoms with Crippen LogP contribution in [-0.4, -0.2) is 0 Å². The van der Waals surface area contributed by atoms with Gasteiger partial charge in [0.25, 0.3) is 0 Å². The van der Waals surface area contributed by atoms with Crippen molar-refractivity contribution in [2.24, 2.45) is 0 Å². The molecule has 1 aromatic carbocycles. The summed E-state index contributed by atoms with van der Waals surface area (Å²) >= 11 is 0. The van der Waals surface area contributed by atoms with Crippen molar-refractivity contribution < 1.29 is 0 Å². The summed E-state index contributed by atoms with van der Waals surface area (Å²) in [6, 6.07) is 9.05. The molecular weight excluding hydrogens is 192 g/mol. The van der Waals surface area contributed by atoms with Crippen molar-refractivity contribution in [3.63, 3.8) is 0 Å². The highest BCUT2D eigenvalue weighted by atomic mass is 14.0. The van der Waals surface area contributed by atoms with Gasteiger partial charge in [-0.25, -0.2) is 0 Å². The van der Waals surface area contributed by atoms with Gasteiger partial charge in [0, 0.05) is 0 Å². The van der Waals surface area contributed by atoms with Crippen LogP contribution >= 0.6 is 0 Å². The highest BCUT2D eigenvalue weighted by Crippen LogP contribution is 2.16. The maximum atomic E-state index is 5.34. The second-order valence-corrected chi connectivity index (χ2v) is 4.73. The molecule has 0 aliphatic rings. The van der Waals surface area contributed by atoms with Crippen LogP contribution in [0.25, 0.3) is 0 Å². The van der Waals surface area contributed by atoms with Crippen LogP contribution in [0.15, 0.2) is 30.3 Å². The van der Waals surface area contributed by atoms with Crippen LogP contribution in [0.5, 0.6) is 0 Å². The summed E-state index contributed by atoms with van der Waals surface area (Å²) < 4.78 is 0. The first-order valence-electron chi connectivity index (χ1n) is 6.36. The van der Waals surface area contributed by atoms with E-state index in [2.05, 4.69) is 38.1 Å². The van der Waals surface area contributed by atoms with Crippen molar-refractivity contribution in [1.82, 2.24) is 0 Å². The van der Waals surface area contributed by atoms with Gasteiger partial charge in [-0.1, -0.05) is 57.2 Å². The van der Waals surface area contributed by atoms with Gasteiger partial charge in [-0.15, -0.1) is 0 Å². The Labute approximate surface area is 100 Å². The van der Waals surface area contributed by atoms with E-state index in [1.165, 1.54) is 36.8 Å². The SMILES string of the molecule is [CH]=CCCCCCc1ccc(C(C)C)cc1. The summed E-state index contributed by atoms with van der Waals surface area (Å²) in [7, 11) is 0. The number of hydrogen-bond acceptors (Lipinski definition) is 0. The second kappa shape index (κ2) is 7.27. The Morgan fingerprint density at radius 1 is 1.06 bits per heavy atom. The second-order valence-electron chi connectivity index (χ2n) is 4.73. The number of unbranched alkanes of at least 4 members (excludes halogenated alkanes) is 3. The fraction of sp³-hybridized carbons (Fsp3) is 0.500. The van der Waals surface area contributed by atoms with Gasteiger partial charge in [-0.05, 0) is 42.7 Å². The fourth-order valence-corrected chi connectivity index (χ4v) is 1.84. The third-order valence-electron chi connectivity index (χ3n) is 2.98. The minimum absolute atomic E-state index is 0.633. The zero-order valence-corrected chi connectivity index (χ0v) is 10.6. The van der Waals surface area contributed by atoms with Crippen molar-refractivity contribution in [3.05, 3.63) is 48.0 Å². The quantitative estimate of drug-likeness (QED) is 0.567. The molecule has 0 amide bonds. The lowest BCUT2D eigenvalue weighted by Gasteiger charge is -2.06. The Kier molecular flexibility index (Phi) is 5.92. The van der Waals surface area contributed by atoms with E-state index in [0.29, 0.717) is 5.92 Å². The van der Waals surface area contributed by atoms with Gasteiger partial charge >= 0.3 is 0 Å². The number of allylic oxidation sites excluding steroid dienone is 1. The molecule has 0 atom stereocenters. The average molecular weight is 215 g/mol. The van der Waals surface area contributed by atoms with Crippen LogP contribution in [0.1, 0.15) is 56.6 Å². The minimum Gasteiger partial charge on any atom is -0.0845 e. The molecule has 0 unspecified atom stereocenters. The fourth-order valence-electron chi connectivity index (χ4n) is 1.84. The van der Waals surface area contributed by atoms with E-state index in [1.54, 1.807) is 6.08 Å². The predicted octanol–water partition coefficient (Wildman–Crippen LogP) is 4.90. The maximum absolute atomic E-state index is 5.34. The lowest BCUT2D eigenvalue weighted by atomic mass is 9.99. The Bertz CT molecular complexity index is 292. The van der Waals surface area contributed by atoms with Crippen LogP contribution in [0.4, 0.5) is 0 Å². The average Bonchev–Trinajstić information content (AvgIpc) is 2.29. The Hall–Kier alpha value is -1.04. The Morgan fingerprint density at radius 3 is 2.31 bits per heavy atom. The summed E-state index contributed by atoms with van der Waals surface area (Å²) in [5.74, 6) is 0.633. The molecule has 0 fully saturated rings. The number of benzene rings is 1. The predicted molar refractivity (Wildman–Crippen MR) is 71.6 cm³/mol. The Morgan fingerprint density at radius 2 is 1.75 bits per heavy atom. The molecule has 1 rings (SSSR count). The van der Waals surface area contributed by atoms with E-state index < -0.39 is 0 Å². The van der Waals surface area contributed by atoms with Gasteiger partial charge < -0.3 is 0 Å². The zero-order valence-electron chi connectivity index (χ0n) is 10.6. The van der Waals surface area contributed by atoms with E-state index in [4.69, 9.17) is 6.58 Å². The molecule has 1 radical (unpaired) electrons. The van der Waals surface area contributed by atoms with Crippen molar-refractivity contribution in [2.75, 3.05) is 0 Å².